The number of alkyl halides is 4. The summed E-state index contributed by atoms with van der Waals surface area (Å²) in [6, 6.07) is 0.986. The van der Waals surface area contributed by atoms with Crippen molar-refractivity contribution in [3.63, 3.8) is 0 Å². The van der Waals surface area contributed by atoms with E-state index >= 15 is 0 Å². The average Bonchev–Trinajstić information content (AvgIpc) is 2.19. The minimum atomic E-state index is -4.47. The predicted molar refractivity (Wildman–Crippen MR) is 61.7 cm³/mol. The van der Waals surface area contributed by atoms with Crippen molar-refractivity contribution in [2.24, 2.45) is 0 Å². The third-order valence-electron chi connectivity index (χ3n) is 1.75. The highest BCUT2D eigenvalue weighted by Crippen LogP contribution is 2.34. The van der Waals surface area contributed by atoms with E-state index in [1.807, 2.05) is 0 Å². The van der Waals surface area contributed by atoms with Crippen molar-refractivity contribution in [2.75, 3.05) is 5.33 Å². The number of hydrogen-bond donors (Lipinski definition) is 0. The summed E-state index contributed by atoms with van der Waals surface area (Å²) in [7, 11) is 0. The molecular formula is C10H8BrClF3N. The molecule has 0 amide bonds. The van der Waals surface area contributed by atoms with E-state index in [1.165, 1.54) is 6.20 Å². The minimum absolute atomic E-state index is 0.387. The first-order valence-electron chi connectivity index (χ1n) is 4.40. The maximum Gasteiger partial charge on any atom is 0.419 e. The first-order valence-corrected chi connectivity index (χ1v) is 5.90. The highest BCUT2D eigenvalue weighted by Gasteiger charge is 2.33. The van der Waals surface area contributed by atoms with Crippen LogP contribution < -0.4 is 0 Å². The molecule has 6 heteroatoms. The number of hydrogen-bond acceptors (Lipinski definition) is 1. The molecule has 1 heterocycles. The molecule has 0 N–H and O–H groups in total. The summed E-state index contributed by atoms with van der Waals surface area (Å²) in [4.78, 5) is 3.51. The van der Waals surface area contributed by atoms with E-state index in [9.17, 15) is 13.2 Å². The fourth-order valence-corrected chi connectivity index (χ4v) is 1.51. The van der Waals surface area contributed by atoms with Crippen LogP contribution in [0.25, 0.3) is 6.08 Å². The van der Waals surface area contributed by atoms with Gasteiger partial charge < -0.3 is 0 Å². The Labute approximate surface area is 104 Å². The minimum Gasteiger partial charge on any atom is -0.243 e. The van der Waals surface area contributed by atoms with Gasteiger partial charge in [-0.15, -0.1) is 0 Å². The molecule has 0 aliphatic rings. The van der Waals surface area contributed by atoms with Crippen LogP contribution in [0.5, 0.6) is 0 Å². The number of aromatic nitrogens is 1. The standard InChI is InChI=1S/C10H8BrClF3N/c11-4-2-1-3-7-5-8(10(13,14)15)9(12)16-6-7/h1,3,5-6H,2,4H2. The Morgan fingerprint density at radius 2 is 2.12 bits per heavy atom. The number of halogens is 5. The van der Waals surface area contributed by atoms with Crippen molar-refractivity contribution in [2.45, 2.75) is 12.6 Å². The van der Waals surface area contributed by atoms with Crippen LogP contribution in [0, 0.1) is 0 Å². The van der Waals surface area contributed by atoms with Gasteiger partial charge in [0.25, 0.3) is 0 Å². The van der Waals surface area contributed by atoms with Crippen LogP contribution in [0.2, 0.25) is 5.15 Å². The second kappa shape index (κ2) is 5.68. The first-order chi connectivity index (χ1) is 7.45. The molecule has 0 saturated carbocycles. The summed E-state index contributed by atoms with van der Waals surface area (Å²) in [5, 5.41) is 0.238. The van der Waals surface area contributed by atoms with Crippen LogP contribution in [0.1, 0.15) is 17.5 Å². The summed E-state index contributed by atoms with van der Waals surface area (Å²) >= 11 is 8.59. The Kier molecular flexibility index (Phi) is 4.80. The smallest absolute Gasteiger partial charge is 0.243 e. The van der Waals surface area contributed by atoms with Gasteiger partial charge >= 0.3 is 6.18 Å². The maximum atomic E-state index is 12.5. The Hall–Kier alpha value is -0.550. The summed E-state index contributed by atoms with van der Waals surface area (Å²) < 4.78 is 37.4. The van der Waals surface area contributed by atoms with Crippen LogP contribution in [-0.2, 0) is 6.18 Å². The van der Waals surface area contributed by atoms with E-state index in [4.69, 9.17) is 11.6 Å². The fraction of sp³-hybridized carbons (Fsp3) is 0.300. The fourth-order valence-electron chi connectivity index (χ4n) is 1.04. The molecule has 0 aliphatic heterocycles. The van der Waals surface area contributed by atoms with Crippen molar-refractivity contribution in [3.8, 4) is 0 Å². The maximum absolute atomic E-state index is 12.5. The summed E-state index contributed by atoms with van der Waals surface area (Å²) in [6.07, 6.45) is 0.926. The molecule has 0 saturated heterocycles. The molecule has 0 radical (unpaired) electrons. The molecule has 0 bridgehead atoms. The van der Waals surface area contributed by atoms with Crippen LogP contribution >= 0.6 is 27.5 Å². The van der Waals surface area contributed by atoms with Crippen molar-refractivity contribution in [1.29, 1.82) is 0 Å². The van der Waals surface area contributed by atoms with Crippen LogP contribution in [-0.4, -0.2) is 10.3 Å². The van der Waals surface area contributed by atoms with E-state index < -0.39 is 16.9 Å². The topological polar surface area (TPSA) is 12.9 Å². The second-order valence-corrected chi connectivity index (χ2v) is 4.14. The molecule has 1 nitrogen and oxygen atoms in total. The monoisotopic (exact) mass is 313 g/mol. The van der Waals surface area contributed by atoms with Gasteiger partial charge in [0, 0.05) is 11.5 Å². The highest BCUT2D eigenvalue weighted by molar-refractivity contribution is 9.09. The van der Waals surface area contributed by atoms with E-state index in [-0.39, 0.29) is 0 Å². The second-order valence-electron chi connectivity index (χ2n) is 2.98. The van der Waals surface area contributed by atoms with E-state index in [1.54, 1.807) is 12.2 Å². The van der Waals surface area contributed by atoms with E-state index in [0.29, 0.717) is 5.56 Å². The molecule has 1 aromatic rings. The molecule has 0 unspecified atom stereocenters. The SMILES string of the molecule is FC(F)(F)c1cc(C=CCCBr)cnc1Cl. The van der Waals surface area contributed by atoms with Gasteiger partial charge in [-0.05, 0) is 18.1 Å². The lowest BCUT2D eigenvalue weighted by atomic mass is 10.2. The van der Waals surface area contributed by atoms with Gasteiger partial charge in [-0.1, -0.05) is 39.7 Å². The quantitative estimate of drug-likeness (QED) is 0.589. The summed E-state index contributed by atoms with van der Waals surface area (Å²) in [5.74, 6) is 0. The normalized spacial score (nSPS) is 12.3. The molecule has 0 spiro atoms. The first kappa shape index (κ1) is 13.5. The largest absolute Gasteiger partial charge is 0.419 e. The number of nitrogens with zero attached hydrogens (tertiary/aromatic N) is 1. The zero-order valence-corrected chi connectivity index (χ0v) is 10.4. The molecule has 0 fully saturated rings. The predicted octanol–water partition coefficient (Wildman–Crippen LogP) is 4.55. The lowest BCUT2D eigenvalue weighted by Gasteiger charge is -2.08. The summed E-state index contributed by atoms with van der Waals surface area (Å²) in [5.41, 5.74) is -0.521. The lowest BCUT2D eigenvalue weighted by molar-refractivity contribution is -0.137. The third kappa shape index (κ3) is 3.79. The Morgan fingerprint density at radius 3 is 2.69 bits per heavy atom. The average molecular weight is 315 g/mol. The third-order valence-corrected chi connectivity index (χ3v) is 2.51. The van der Waals surface area contributed by atoms with Gasteiger partial charge in [-0.2, -0.15) is 13.2 Å². The van der Waals surface area contributed by atoms with Crippen molar-refractivity contribution in [1.82, 2.24) is 4.98 Å². The number of allylic oxidation sites excluding steroid dienone is 1. The van der Waals surface area contributed by atoms with E-state index in [2.05, 4.69) is 20.9 Å². The zero-order chi connectivity index (χ0) is 12.2. The van der Waals surface area contributed by atoms with Crippen LogP contribution in [0.4, 0.5) is 13.2 Å². The Morgan fingerprint density at radius 1 is 1.44 bits per heavy atom. The van der Waals surface area contributed by atoms with E-state index in [0.717, 1.165) is 17.8 Å². The summed E-state index contributed by atoms with van der Waals surface area (Å²) in [6.45, 7) is 0. The highest BCUT2D eigenvalue weighted by atomic mass is 79.9. The molecule has 0 atom stereocenters. The van der Waals surface area contributed by atoms with Gasteiger partial charge in [0.2, 0.25) is 0 Å². The van der Waals surface area contributed by atoms with Gasteiger partial charge in [0.15, 0.2) is 0 Å². The van der Waals surface area contributed by atoms with Crippen LogP contribution in [0.3, 0.4) is 0 Å². The molecule has 1 rings (SSSR count). The van der Waals surface area contributed by atoms with Crippen molar-refractivity contribution < 1.29 is 13.2 Å². The molecular weight excluding hydrogens is 306 g/mol. The molecule has 88 valence electrons. The molecule has 0 aromatic carbocycles. The van der Waals surface area contributed by atoms with Gasteiger partial charge in [0.1, 0.15) is 5.15 Å². The van der Waals surface area contributed by atoms with Gasteiger partial charge in [-0.3, -0.25) is 0 Å². The van der Waals surface area contributed by atoms with Crippen molar-refractivity contribution >= 4 is 33.6 Å². The number of rotatable bonds is 3. The number of pyridine rings is 1. The van der Waals surface area contributed by atoms with Gasteiger partial charge in [0.05, 0.1) is 5.56 Å². The Bertz CT molecular complexity index is 390. The zero-order valence-electron chi connectivity index (χ0n) is 8.06. The molecule has 1 aromatic heterocycles. The van der Waals surface area contributed by atoms with Crippen LogP contribution in [0.15, 0.2) is 18.3 Å². The van der Waals surface area contributed by atoms with Crippen molar-refractivity contribution in [3.05, 3.63) is 34.6 Å². The lowest BCUT2D eigenvalue weighted by Crippen LogP contribution is -2.07. The van der Waals surface area contributed by atoms with Gasteiger partial charge in [-0.25, -0.2) is 4.98 Å². The Balaban J connectivity index is 2.99. The molecule has 16 heavy (non-hydrogen) atoms. The molecule has 0 aliphatic carbocycles.